The molecule has 0 saturated carbocycles. The largest absolute Gasteiger partial charge is 0.492 e. The third-order valence-electron chi connectivity index (χ3n) is 3.93. The van der Waals surface area contributed by atoms with Gasteiger partial charge in [-0.1, -0.05) is 47.5 Å². The lowest BCUT2D eigenvalue weighted by Gasteiger charge is -2.20. The SMILES string of the molecule is Cc1ccc(OCCNC(=O)CN(Cc2ccccc2Cl)S(C)(=O)=O)cc1Cl. The number of hydrogen-bond acceptors (Lipinski definition) is 4. The van der Waals surface area contributed by atoms with Gasteiger partial charge in [0.05, 0.1) is 19.3 Å². The number of amides is 1. The van der Waals surface area contributed by atoms with E-state index in [1.165, 1.54) is 0 Å². The molecule has 1 N–H and O–H groups in total. The van der Waals surface area contributed by atoms with Crippen LogP contribution in [-0.4, -0.2) is 44.6 Å². The zero-order chi connectivity index (χ0) is 20.7. The minimum atomic E-state index is -3.59. The number of nitrogens with one attached hydrogen (secondary N) is 1. The Labute approximate surface area is 175 Å². The normalized spacial score (nSPS) is 11.5. The van der Waals surface area contributed by atoms with Gasteiger partial charge in [-0.15, -0.1) is 0 Å². The summed E-state index contributed by atoms with van der Waals surface area (Å²) in [7, 11) is -3.59. The highest BCUT2D eigenvalue weighted by atomic mass is 35.5. The first kappa shape index (κ1) is 22.5. The van der Waals surface area contributed by atoms with E-state index in [1.807, 2.05) is 13.0 Å². The fourth-order valence-corrected chi connectivity index (χ4v) is 3.44. The van der Waals surface area contributed by atoms with Crippen LogP contribution in [0.15, 0.2) is 42.5 Å². The lowest BCUT2D eigenvalue weighted by Crippen LogP contribution is -2.41. The van der Waals surface area contributed by atoms with Crippen molar-refractivity contribution in [3.63, 3.8) is 0 Å². The summed E-state index contributed by atoms with van der Waals surface area (Å²) in [5, 5.41) is 3.69. The quantitative estimate of drug-likeness (QED) is 0.602. The van der Waals surface area contributed by atoms with Crippen molar-refractivity contribution in [2.24, 2.45) is 0 Å². The third-order valence-corrected chi connectivity index (χ3v) is 5.90. The van der Waals surface area contributed by atoms with Crippen LogP contribution in [0.25, 0.3) is 0 Å². The number of nitrogens with zero attached hydrogens (tertiary/aromatic N) is 1. The van der Waals surface area contributed by atoms with Gasteiger partial charge < -0.3 is 10.1 Å². The molecule has 0 spiro atoms. The number of carbonyl (C=O) groups excluding carboxylic acids is 1. The van der Waals surface area contributed by atoms with Gasteiger partial charge in [0.25, 0.3) is 0 Å². The molecule has 0 aliphatic carbocycles. The molecule has 6 nitrogen and oxygen atoms in total. The van der Waals surface area contributed by atoms with Gasteiger partial charge in [0.1, 0.15) is 12.4 Å². The number of halogens is 2. The first-order chi connectivity index (χ1) is 13.2. The lowest BCUT2D eigenvalue weighted by molar-refractivity contribution is -0.121. The Hall–Kier alpha value is -1.80. The Bertz CT molecular complexity index is 935. The van der Waals surface area contributed by atoms with E-state index in [4.69, 9.17) is 27.9 Å². The molecule has 2 aromatic carbocycles. The van der Waals surface area contributed by atoms with E-state index in [2.05, 4.69) is 5.32 Å². The molecule has 28 heavy (non-hydrogen) atoms. The first-order valence-electron chi connectivity index (χ1n) is 8.51. The van der Waals surface area contributed by atoms with E-state index in [9.17, 15) is 13.2 Å². The summed E-state index contributed by atoms with van der Waals surface area (Å²) in [5.41, 5.74) is 1.57. The second kappa shape index (κ2) is 10.1. The molecular weight excluding hydrogens is 423 g/mol. The van der Waals surface area contributed by atoms with Crippen molar-refractivity contribution >= 4 is 39.1 Å². The van der Waals surface area contributed by atoms with Crippen molar-refractivity contribution in [2.75, 3.05) is 26.0 Å². The van der Waals surface area contributed by atoms with Crippen molar-refractivity contribution in [3.05, 3.63) is 63.6 Å². The minimum Gasteiger partial charge on any atom is -0.492 e. The van der Waals surface area contributed by atoms with Crippen molar-refractivity contribution in [3.8, 4) is 5.75 Å². The average Bonchev–Trinajstić information content (AvgIpc) is 2.62. The number of hydrogen-bond donors (Lipinski definition) is 1. The van der Waals surface area contributed by atoms with Gasteiger partial charge in [-0.3, -0.25) is 4.79 Å². The molecule has 0 bridgehead atoms. The Kier molecular flexibility index (Phi) is 8.12. The van der Waals surface area contributed by atoms with Crippen LogP contribution in [0.3, 0.4) is 0 Å². The van der Waals surface area contributed by atoms with Crippen LogP contribution in [0.1, 0.15) is 11.1 Å². The molecule has 0 heterocycles. The molecule has 2 aromatic rings. The maximum absolute atomic E-state index is 12.2. The lowest BCUT2D eigenvalue weighted by atomic mass is 10.2. The molecule has 0 radical (unpaired) electrons. The Morgan fingerprint density at radius 3 is 2.50 bits per heavy atom. The van der Waals surface area contributed by atoms with Gasteiger partial charge in [-0.25, -0.2) is 8.42 Å². The van der Waals surface area contributed by atoms with Crippen molar-refractivity contribution in [1.29, 1.82) is 0 Å². The minimum absolute atomic E-state index is 0.0181. The number of rotatable bonds is 9. The molecule has 0 aliphatic heterocycles. The monoisotopic (exact) mass is 444 g/mol. The molecule has 0 aromatic heterocycles. The molecule has 0 unspecified atom stereocenters. The topological polar surface area (TPSA) is 75.7 Å². The van der Waals surface area contributed by atoms with Gasteiger partial charge in [-0.2, -0.15) is 4.31 Å². The summed E-state index contributed by atoms with van der Waals surface area (Å²) in [6, 6.07) is 12.2. The number of sulfonamides is 1. The smallest absolute Gasteiger partial charge is 0.235 e. The Balaban J connectivity index is 1.86. The molecule has 1 amide bonds. The molecule has 152 valence electrons. The van der Waals surface area contributed by atoms with Crippen LogP contribution in [0.4, 0.5) is 0 Å². The molecule has 0 saturated heterocycles. The molecule has 0 fully saturated rings. The van der Waals surface area contributed by atoms with Crippen molar-refractivity contribution in [2.45, 2.75) is 13.5 Å². The number of aryl methyl sites for hydroxylation is 1. The fourth-order valence-electron chi connectivity index (χ4n) is 2.35. The summed E-state index contributed by atoms with van der Waals surface area (Å²) >= 11 is 12.1. The summed E-state index contributed by atoms with van der Waals surface area (Å²) < 4.78 is 30.6. The van der Waals surface area contributed by atoms with Crippen LogP contribution in [0, 0.1) is 6.92 Å². The number of carbonyl (C=O) groups is 1. The van der Waals surface area contributed by atoms with Crippen LogP contribution in [0.5, 0.6) is 5.75 Å². The highest BCUT2D eigenvalue weighted by Crippen LogP contribution is 2.21. The van der Waals surface area contributed by atoms with Crippen molar-refractivity contribution < 1.29 is 17.9 Å². The molecule has 0 aliphatic rings. The first-order valence-corrected chi connectivity index (χ1v) is 11.1. The van der Waals surface area contributed by atoms with Gasteiger partial charge in [0.2, 0.25) is 15.9 Å². The van der Waals surface area contributed by atoms with Gasteiger partial charge >= 0.3 is 0 Å². The van der Waals surface area contributed by atoms with E-state index in [0.29, 0.717) is 21.4 Å². The Morgan fingerprint density at radius 2 is 1.86 bits per heavy atom. The third kappa shape index (κ3) is 6.98. The highest BCUT2D eigenvalue weighted by Gasteiger charge is 2.21. The van der Waals surface area contributed by atoms with Crippen LogP contribution < -0.4 is 10.1 Å². The summed E-state index contributed by atoms with van der Waals surface area (Å²) in [6.07, 6.45) is 1.06. The second-order valence-corrected chi connectivity index (χ2v) is 9.03. The predicted octanol–water partition coefficient (Wildman–Crippen LogP) is 3.26. The van der Waals surface area contributed by atoms with E-state index < -0.39 is 15.9 Å². The zero-order valence-electron chi connectivity index (χ0n) is 15.6. The van der Waals surface area contributed by atoms with Crippen LogP contribution >= 0.6 is 23.2 Å². The van der Waals surface area contributed by atoms with Crippen LogP contribution in [-0.2, 0) is 21.4 Å². The van der Waals surface area contributed by atoms with Gasteiger partial charge in [-0.05, 0) is 36.2 Å². The standard InChI is InChI=1S/C19H22Cl2N2O4S/c1-14-7-8-16(11-18(14)21)27-10-9-22-19(24)13-23(28(2,25)26)12-15-5-3-4-6-17(15)20/h3-8,11H,9-10,12-13H2,1-2H3,(H,22,24). The Morgan fingerprint density at radius 1 is 1.14 bits per heavy atom. The zero-order valence-corrected chi connectivity index (χ0v) is 17.9. The summed E-state index contributed by atoms with van der Waals surface area (Å²) in [4.78, 5) is 12.2. The predicted molar refractivity (Wildman–Crippen MR) is 111 cm³/mol. The second-order valence-electron chi connectivity index (χ2n) is 6.23. The van der Waals surface area contributed by atoms with Crippen molar-refractivity contribution in [1.82, 2.24) is 9.62 Å². The molecule has 2 rings (SSSR count). The van der Waals surface area contributed by atoms with Gasteiger partial charge in [0.15, 0.2) is 0 Å². The molecule has 0 atom stereocenters. The molecule has 9 heteroatoms. The summed E-state index contributed by atoms with van der Waals surface area (Å²) in [6.45, 7) is 2.07. The molecular formula is C19H22Cl2N2O4S. The average molecular weight is 445 g/mol. The highest BCUT2D eigenvalue weighted by molar-refractivity contribution is 7.88. The maximum Gasteiger partial charge on any atom is 0.235 e. The number of benzene rings is 2. The van der Waals surface area contributed by atoms with E-state index >= 15 is 0 Å². The van der Waals surface area contributed by atoms with E-state index in [-0.39, 0.29) is 26.2 Å². The van der Waals surface area contributed by atoms with E-state index in [0.717, 1.165) is 16.1 Å². The van der Waals surface area contributed by atoms with Crippen LogP contribution in [0.2, 0.25) is 10.0 Å². The van der Waals surface area contributed by atoms with Gasteiger partial charge in [0, 0.05) is 16.6 Å². The summed E-state index contributed by atoms with van der Waals surface area (Å²) in [5.74, 6) is 0.171. The fraction of sp³-hybridized carbons (Fsp3) is 0.316. The maximum atomic E-state index is 12.2. The number of ether oxygens (including phenoxy) is 1. The van der Waals surface area contributed by atoms with E-state index in [1.54, 1.807) is 36.4 Å².